The molecule has 0 heterocycles. The van der Waals surface area contributed by atoms with Crippen LogP contribution in [-0.4, -0.2) is 0 Å². The standard InChI is InChI=1S/C14H14.C2H6/c1-3-10-8-14-9-11(14)6-5-7-13(14)12(10)4-2;1-2/h3-7,11H,1-2,8-9H2;1-2H3. The van der Waals surface area contributed by atoms with Gasteiger partial charge < -0.3 is 0 Å². The van der Waals surface area contributed by atoms with E-state index in [0.717, 1.165) is 5.92 Å². The molecule has 0 N–H and O–H groups in total. The Morgan fingerprint density at radius 1 is 1.31 bits per heavy atom. The van der Waals surface area contributed by atoms with E-state index in [-0.39, 0.29) is 0 Å². The Bertz CT molecular complexity index is 417. The van der Waals surface area contributed by atoms with Crippen LogP contribution in [0.1, 0.15) is 26.7 Å². The Morgan fingerprint density at radius 3 is 2.69 bits per heavy atom. The zero-order valence-electron chi connectivity index (χ0n) is 10.3. The van der Waals surface area contributed by atoms with Crippen molar-refractivity contribution in [3.05, 3.63) is 60.3 Å². The molecule has 0 heteroatoms. The molecule has 3 aliphatic rings. The van der Waals surface area contributed by atoms with Gasteiger partial charge in [0.2, 0.25) is 0 Å². The van der Waals surface area contributed by atoms with E-state index in [9.17, 15) is 0 Å². The summed E-state index contributed by atoms with van der Waals surface area (Å²) in [6, 6.07) is 0. The first-order valence-electron chi connectivity index (χ1n) is 6.19. The van der Waals surface area contributed by atoms with Crippen molar-refractivity contribution < 1.29 is 0 Å². The van der Waals surface area contributed by atoms with Crippen LogP contribution in [0.25, 0.3) is 0 Å². The minimum absolute atomic E-state index is 0.460. The van der Waals surface area contributed by atoms with E-state index >= 15 is 0 Å². The summed E-state index contributed by atoms with van der Waals surface area (Å²) in [5.74, 6) is 0.787. The molecule has 0 aromatic rings. The summed E-state index contributed by atoms with van der Waals surface area (Å²) >= 11 is 0. The lowest BCUT2D eigenvalue weighted by Crippen LogP contribution is -2.04. The number of rotatable bonds is 2. The fourth-order valence-corrected chi connectivity index (χ4v) is 3.03. The second-order valence-electron chi connectivity index (χ2n) is 4.46. The third kappa shape index (κ3) is 1.29. The SMILES string of the molecule is C=CC1=C(C=C)C2=CC=CC3CC23C1.CC. The molecule has 1 fully saturated rings. The quantitative estimate of drug-likeness (QED) is 0.628. The maximum Gasteiger partial charge on any atom is 0.00686 e. The summed E-state index contributed by atoms with van der Waals surface area (Å²) in [4.78, 5) is 0. The molecule has 0 aromatic carbocycles. The fraction of sp³-hybridized carbons (Fsp3) is 0.375. The Kier molecular flexibility index (Phi) is 2.75. The normalized spacial score (nSPS) is 33.1. The number of hydrogen-bond donors (Lipinski definition) is 0. The van der Waals surface area contributed by atoms with Gasteiger partial charge >= 0.3 is 0 Å². The lowest BCUT2D eigenvalue weighted by Gasteiger charge is -2.14. The minimum atomic E-state index is 0.460. The van der Waals surface area contributed by atoms with E-state index in [1.54, 1.807) is 0 Å². The number of allylic oxidation sites excluding steroid dienone is 8. The van der Waals surface area contributed by atoms with Crippen LogP contribution < -0.4 is 0 Å². The number of hydrogen-bond acceptors (Lipinski definition) is 0. The van der Waals surface area contributed by atoms with Crippen molar-refractivity contribution in [2.75, 3.05) is 0 Å². The van der Waals surface area contributed by atoms with Crippen LogP contribution in [0.5, 0.6) is 0 Å². The monoisotopic (exact) mass is 212 g/mol. The smallest absolute Gasteiger partial charge is 0.00686 e. The molecule has 0 nitrogen and oxygen atoms in total. The van der Waals surface area contributed by atoms with Crippen molar-refractivity contribution >= 4 is 0 Å². The maximum atomic E-state index is 3.91. The van der Waals surface area contributed by atoms with Crippen LogP contribution in [-0.2, 0) is 0 Å². The van der Waals surface area contributed by atoms with Crippen LogP contribution >= 0.6 is 0 Å². The molecule has 0 bridgehead atoms. The van der Waals surface area contributed by atoms with Gasteiger partial charge in [-0.1, -0.05) is 57.4 Å². The van der Waals surface area contributed by atoms with Crippen molar-refractivity contribution in [2.24, 2.45) is 11.3 Å². The maximum absolute atomic E-state index is 3.91. The van der Waals surface area contributed by atoms with Crippen molar-refractivity contribution in [2.45, 2.75) is 26.7 Å². The highest BCUT2D eigenvalue weighted by molar-refractivity contribution is 5.61. The Hall–Kier alpha value is -1.30. The zero-order valence-corrected chi connectivity index (χ0v) is 10.3. The first-order valence-corrected chi connectivity index (χ1v) is 6.19. The van der Waals surface area contributed by atoms with Gasteiger partial charge in [0.1, 0.15) is 0 Å². The summed E-state index contributed by atoms with van der Waals surface area (Å²) in [6.07, 6.45) is 13.3. The fourth-order valence-electron chi connectivity index (χ4n) is 3.03. The lowest BCUT2D eigenvalue weighted by atomic mass is 9.89. The van der Waals surface area contributed by atoms with Gasteiger partial charge in [-0.25, -0.2) is 0 Å². The summed E-state index contributed by atoms with van der Waals surface area (Å²) in [7, 11) is 0. The molecule has 0 saturated heterocycles. The van der Waals surface area contributed by atoms with Crippen LogP contribution in [0.2, 0.25) is 0 Å². The van der Waals surface area contributed by atoms with Crippen LogP contribution in [0, 0.1) is 11.3 Å². The van der Waals surface area contributed by atoms with Gasteiger partial charge in [0.15, 0.2) is 0 Å². The predicted octanol–water partition coefficient (Wildman–Crippen LogP) is 4.59. The van der Waals surface area contributed by atoms with E-state index in [1.807, 2.05) is 26.0 Å². The molecule has 84 valence electrons. The Labute approximate surface area is 98.8 Å². The van der Waals surface area contributed by atoms with Crippen molar-refractivity contribution in [3.63, 3.8) is 0 Å². The lowest BCUT2D eigenvalue weighted by molar-refractivity contribution is 0.606. The molecular formula is C16H20. The minimum Gasteiger partial charge on any atom is -0.0988 e. The van der Waals surface area contributed by atoms with E-state index in [0.29, 0.717) is 5.41 Å². The molecule has 2 unspecified atom stereocenters. The highest BCUT2D eigenvalue weighted by atomic mass is 14.6. The third-order valence-corrected chi connectivity index (χ3v) is 3.87. The van der Waals surface area contributed by atoms with E-state index in [4.69, 9.17) is 0 Å². The molecule has 1 saturated carbocycles. The molecule has 1 spiro atoms. The zero-order chi connectivity index (χ0) is 11.8. The van der Waals surface area contributed by atoms with Gasteiger partial charge in [0.25, 0.3) is 0 Å². The average Bonchev–Trinajstić information content (AvgIpc) is 2.97. The summed E-state index contributed by atoms with van der Waals surface area (Å²) in [5, 5.41) is 0. The second kappa shape index (κ2) is 3.93. The molecule has 2 atom stereocenters. The highest BCUT2D eigenvalue weighted by Gasteiger charge is 2.59. The van der Waals surface area contributed by atoms with Gasteiger partial charge in [-0.3, -0.25) is 0 Å². The van der Waals surface area contributed by atoms with Gasteiger partial charge in [0, 0.05) is 5.41 Å². The van der Waals surface area contributed by atoms with Crippen LogP contribution in [0.4, 0.5) is 0 Å². The van der Waals surface area contributed by atoms with Crippen molar-refractivity contribution in [1.82, 2.24) is 0 Å². The summed E-state index contributed by atoms with van der Waals surface area (Å²) < 4.78 is 0. The summed E-state index contributed by atoms with van der Waals surface area (Å²) in [6.45, 7) is 11.8. The molecule has 0 aromatic heterocycles. The molecule has 16 heavy (non-hydrogen) atoms. The van der Waals surface area contributed by atoms with E-state index in [2.05, 4.69) is 31.4 Å². The molecule has 0 radical (unpaired) electrons. The largest absolute Gasteiger partial charge is 0.0988 e. The molecule has 3 rings (SSSR count). The van der Waals surface area contributed by atoms with Crippen LogP contribution in [0.3, 0.4) is 0 Å². The van der Waals surface area contributed by atoms with Gasteiger partial charge in [0.05, 0.1) is 0 Å². The Morgan fingerprint density at radius 2 is 2.06 bits per heavy atom. The Balaban J connectivity index is 0.000000457. The van der Waals surface area contributed by atoms with Crippen molar-refractivity contribution in [3.8, 4) is 0 Å². The summed E-state index contributed by atoms with van der Waals surface area (Å²) in [5.41, 5.74) is 4.70. The first-order chi connectivity index (χ1) is 7.81. The van der Waals surface area contributed by atoms with E-state index in [1.165, 1.54) is 29.6 Å². The average molecular weight is 212 g/mol. The predicted molar refractivity (Wildman–Crippen MR) is 71.1 cm³/mol. The van der Waals surface area contributed by atoms with Gasteiger partial charge in [-0.15, -0.1) is 0 Å². The first kappa shape index (κ1) is 11.2. The molecule has 0 amide bonds. The molecule has 0 aliphatic heterocycles. The third-order valence-electron chi connectivity index (χ3n) is 3.87. The second-order valence-corrected chi connectivity index (χ2v) is 4.46. The highest BCUT2D eigenvalue weighted by Crippen LogP contribution is 2.68. The van der Waals surface area contributed by atoms with Crippen LogP contribution in [0.15, 0.2) is 60.3 Å². The van der Waals surface area contributed by atoms with Gasteiger partial charge in [-0.2, -0.15) is 0 Å². The topological polar surface area (TPSA) is 0 Å². The molecular weight excluding hydrogens is 192 g/mol. The van der Waals surface area contributed by atoms with Crippen molar-refractivity contribution in [1.29, 1.82) is 0 Å². The van der Waals surface area contributed by atoms with E-state index < -0.39 is 0 Å². The molecule has 3 aliphatic carbocycles. The van der Waals surface area contributed by atoms with Gasteiger partial charge in [-0.05, 0) is 35.5 Å².